The van der Waals surface area contributed by atoms with Gasteiger partial charge >= 0.3 is 0 Å². The van der Waals surface area contributed by atoms with Gasteiger partial charge in [0.1, 0.15) is 18.1 Å². The SMILES string of the molecule is COc1cc(NC(=O)c2cccc(OCc3ccccc3)c2)ccc1N1C(=O)c2ccccc2C1=O. The van der Waals surface area contributed by atoms with Crippen molar-refractivity contribution in [2.75, 3.05) is 17.3 Å². The third-order valence-corrected chi connectivity index (χ3v) is 5.82. The predicted molar refractivity (Wildman–Crippen MR) is 136 cm³/mol. The number of ether oxygens (including phenoxy) is 2. The van der Waals surface area contributed by atoms with Crippen molar-refractivity contribution in [3.63, 3.8) is 0 Å². The summed E-state index contributed by atoms with van der Waals surface area (Å²) in [5.74, 6) is -0.320. The Morgan fingerprint density at radius 3 is 2.19 bits per heavy atom. The highest BCUT2D eigenvalue weighted by Gasteiger charge is 2.37. The third kappa shape index (κ3) is 4.42. The molecule has 0 saturated heterocycles. The monoisotopic (exact) mass is 478 g/mol. The Bertz CT molecular complexity index is 1430. The quantitative estimate of drug-likeness (QED) is 0.363. The first-order valence-electron chi connectivity index (χ1n) is 11.3. The molecule has 4 aromatic rings. The first-order chi connectivity index (χ1) is 17.5. The lowest BCUT2D eigenvalue weighted by Crippen LogP contribution is -2.29. The fourth-order valence-electron chi connectivity index (χ4n) is 4.02. The van der Waals surface area contributed by atoms with Crippen LogP contribution in [0.1, 0.15) is 36.6 Å². The van der Waals surface area contributed by atoms with E-state index in [1.165, 1.54) is 7.11 Å². The largest absolute Gasteiger partial charge is 0.494 e. The van der Waals surface area contributed by atoms with Crippen LogP contribution in [0.4, 0.5) is 11.4 Å². The molecular weight excluding hydrogens is 456 g/mol. The molecule has 1 N–H and O–H groups in total. The molecule has 1 aliphatic rings. The second kappa shape index (κ2) is 9.76. The Labute approximate surface area is 207 Å². The van der Waals surface area contributed by atoms with Crippen molar-refractivity contribution >= 4 is 29.1 Å². The van der Waals surface area contributed by atoms with Gasteiger partial charge < -0.3 is 14.8 Å². The van der Waals surface area contributed by atoms with E-state index in [4.69, 9.17) is 9.47 Å². The summed E-state index contributed by atoms with van der Waals surface area (Å²) in [6, 6.07) is 28.1. The van der Waals surface area contributed by atoms with Crippen molar-refractivity contribution in [2.24, 2.45) is 0 Å². The standard InChI is InChI=1S/C29H22N2O5/c1-35-26-17-21(14-15-25(26)31-28(33)23-12-5-6-13-24(23)29(31)34)30-27(32)20-10-7-11-22(16-20)36-18-19-8-3-2-4-9-19/h2-17H,18H2,1H3,(H,30,32). The topological polar surface area (TPSA) is 84.9 Å². The molecule has 0 unspecified atom stereocenters. The van der Waals surface area contributed by atoms with Crippen LogP contribution in [0.2, 0.25) is 0 Å². The van der Waals surface area contributed by atoms with E-state index in [2.05, 4.69) is 5.32 Å². The van der Waals surface area contributed by atoms with Crippen molar-refractivity contribution in [2.45, 2.75) is 6.61 Å². The number of amides is 3. The van der Waals surface area contributed by atoms with Crippen LogP contribution < -0.4 is 19.7 Å². The van der Waals surface area contributed by atoms with Crippen molar-refractivity contribution in [3.05, 3.63) is 119 Å². The average molecular weight is 479 g/mol. The maximum Gasteiger partial charge on any atom is 0.266 e. The molecule has 36 heavy (non-hydrogen) atoms. The van der Waals surface area contributed by atoms with Crippen molar-refractivity contribution in [3.8, 4) is 11.5 Å². The van der Waals surface area contributed by atoms with Crippen molar-refractivity contribution in [1.82, 2.24) is 0 Å². The summed E-state index contributed by atoms with van der Waals surface area (Å²) in [6.45, 7) is 0.391. The number of carbonyl (C=O) groups excluding carboxylic acids is 3. The number of fused-ring (bicyclic) bond motifs is 1. The summed E-state index contributed by atoms with van der Waals surface area (Å²) in [4.78, 5) is 39.7. The molecule has 0 spiro atoms. The van der Waals surface area contributed by atoms with E-state index in [1.807, 2.05) is 30.3 Å². The number of benzene rings is 4. The van der Waals surface area contributed by atoms with Gasteiger partial charge in [-0.25, -0.2) is 4.90 Å². The molecule has 7 heteroatoms. The molecule has 0 aromatic heterocycles. The number of rotatable bonds is 7. The number of imide groups is 1. The minimum absolute atomic E-state index is 0.280. The van der Waals surface area contributed by atoms with Gasteiger partial charge in [-0.15, -0.1) is 0 Å². The number of anilines is 2. The fourth-order valence-corrected chi connectivity index (χ4v) is 4.02. The number of methoxy groups -OCH3 is 1. The first-order valence-corrected chi connectivity index (χ1v) is 11.3. The summed E-state index contributed by atoms with van der Waals surface area (Å²) in [5.41, 5.74) is 2.89. The van der Waals surface area contributed by atoms with Crippen LogP contribution in [0.5, 0.6) is 11.5 Å². The Hall–Kier alpha value is -4.91. The smallest absolute Gasteiger partial charge is 0.266 e. The van der Waals surface area contributed by atoms with E-state index in [-0.39, 0.29) is 11.7 Å². The maximum atomic E-state index is 12.9. The van der Waals surface area contributed by atoms with E-state index >= 15 is 0 Å². The second-order valence-electron chi connectivity index (χ2n) is 8.13. The third-order valence-electron chi connectivity index (χ3n) is 5.82. The molecule has 0 fully saturated rings. The fraction of sp³-hybridized carbons (Fsp3) is 0.0690. The molecule has 0 saturated carbocycles. The summed E-state index contributed by atoms with van der Waals surface area (Å²) >= 11 is 0. The Morgan fingerprint density at radius 1 is 0.806 bits per heavy atom. The van der Waals surface area contributed by atoms with Gasteiger partial charge in [0.15, 0.2) is 0 Å². The molecule has 1 aliphatic heterocycles. The molecule has 5 rings (SSSR count). The molecule has 178 valence electrons. The van der Waals surface area contributed by atoms with Gasteiger partial charge in [0.05, 0.1) is 23.9 Å². The molecule has 1 heterocycles. The number of nitrogens with one attached hydrogen (secondary N) is 1. The summed E-state index contributed by atoms with van der Waals surface area (Å²) < 4.78 is 11.3. The van der Waals surface area contributed by atoms with E-state index in [1.54, 1.807) is 66.7 Å². The Morgan fingerprint density at radius 2 is 1.50 bits per heavy atom. The number of hydrogen-bond acceptors (Lipinski definition) is 5. The molecule has 0 aliphatic carbocycles. The highest BCUT2D eigenvalue weighted by Crippen LogP contribution is 2.36. The van der Waals surface area contributed by atoms with Gasteiger partial charge in [0.2, 0.25) is 0 Å². The molecule has 0 bridgehead atoms. The second-order valence-corrected chi connectivity index (χ2v) is 8.13. The van der Waals surface area contributed by atoms with Crippen LogP contribution in [-0.4, -0.2) is 24.8 Å². The molecule has 0 radical (unpaired) electrons. The summed E-state index contributed by atoms with van der Waals surface area (Å²) in [6.07, 6.45) is 0. The van der Waals surface area contributed by atoms with Gasteiger partial charge in [0.25, 0.3) is 17.7 Å². The van der Waals surface area contributed by atoms with Crippen LogP contribution in [0.25, 0.3) is 0 Å². The van der Waals surface area contributed by atoms with Gasteiger partial charge in [-0.3, -0.25) is 14.4 Å². The summed E-state index contributed by atoms with van der Waals surface area (Å²) in [7, 11) is 1.44. The zero-order valence-corrected chi connectivity index (χ0v) is 19.4. The Kier molecular flexibility index (Phi) is 6.19. The van der Waals surface area contributed by atoms with Gasteiger partial charge in [0, 0.05) is 17.3 Å². The highest BCUT2D eigenvalue weighted by molar-refractivity contribution is 6.34. The lowest BCUT2D eigenvalue weighted by Gasteiger charge is -2.18. The normalized spacial score (nSPS) is 12.3. The number of nitrogens with zero attached hydrogens (tertiary/aromatic N) is 1. The average Bonchev–Trinajstić information content (AvgIpc) is 3.18. The van der Waals surface area contributed by atoms with Crippen LogP contribution in [0.15, 0.2) is 97.1 Å². The molecule has 0 atom stereocenters. The van der Waals surface area contributed by atoms with E-state index in [0.29, 0.717) is 40.4 Å². The summed E-state index contributed by atoms with van der Waals surface area (Å²) in [5, 5.41) is 2.83. The number of hydrogen-bond donors (Lipinski definition) is 1. The van der Waals surface area contributed by atoms with E-state index in [0.717, 1.165) is 10.5 Å². The first kappa shape index (κ1) is 22.9. The van der Waals surface area contributed by atoms with Crippen LogP contribution in [-0.2, 0) is 6.61 Å². The Balaban J connectivity index is 1.32. The zero-order valence-electron chi connectivity index (χ0n) is 19.4. The van der Waals surface area contributed by atoms with Crippen LogP contribution in [0, 0.1) is 0 Å². The van der Waals surface area contributed by atoms with Crippen molar-refractivity contribution in [1.29, 1.82) is 0 Å². The highest BCUT2D eigenvalue weighted by atomic mass is 16.5. The van der Waals surface area contributed by atoms with Gasteiger partial charge in [-0.1, -0.05) is 48.5 Å². The van der Waals surface area contributed by atoms with Crippen LogP contribution in [0.3, 0.4) is 0 Å². The van der Waals surface area contributed by atoms with Gasteiger partial charge in [-0.2, -0.15) is 0 Å². The molecule has 7 nitrogen and oxygen atoms in total. The predicted octanol–water partition coefficient (Wildman–Crippen LogP) is 5.33. The van der Waals surface area contributed by atoms with E-state index in [9.17, 15) is 14.4 Å². The lowest BCUT2D eigenvalue weighted by molar-refractivity contribution is 0.0923. The number of carbonyl (C=O) groups is 3. The minimum Gasteiger partial charge on any atom is -0.494 e. The van der Waals surface area contributed by atoms with Gasteiger partial charge in [-0.05, 0) is 48.0 Å². The van der Waals surface area contributed by atoms with E-state index < -0.39 is 11.8 Å². The van der Waals surface area contributed by atoms with Crippen LogP contribution >= 0.6 is 0 Å². The zero-order chi connectivity index (χ0) is 25.1. The lowest BCUT2D eigenvalue weighted by atomic mass is 10.1. The molecular formula is C29H22N2O5. The maximum absolute atomic E-state index is 12.9. The molecule has 3 amide bonds. The molecule has 4 aromatic carbocycles. The van der Waals surface area contributed by atoms with Crippen molar-refractivity contribution < 1.29 is 23.9 Å². The minimum atomic E-state index is -0.419.